The Morgan fingerprint density at radius 2 is 2.17 bits per heavy atom. The van der Waals surface area contributed by atoms with E-state index in [1.807, 2.05) is 14.0 Å². The highest BCUT2D eigenvalue weighted by molar-refractivity contribution is 6.30. The van der Waals surface area contributed by atoms with Gasteiger partial charge in [-0.05, 0) is 43.9 Å². The molecular weight excluding hydrogens is 248 g/mol. The number of nitrogens with zero attached hydrogens (tertiary/aromatic N) is 2. The third kappa shape index (κ3) is 1.87. The van der Waals surface area contributed by atoms with Crippen molar-refractivity contribution in [2.24, 2.45) is 30.6 Å². The molecule has 0 saturated heterocycles. The fourth-order valence-electron chi connectivity index (χ4n) is 3.91. The number of hydrogen-bond acceptors (Lipinski definition) is 3. The minimum atomic E-state index is 0.348. The number of hydrazine groups is 1. The lowest BCUT2D eigenvalue weighted by Crippen LogP contribution is -2.39. The minimum absolute atomic E-state index is 0.348. The van der Waals surface area contributed by atoms with Crippen LogP contribution in [0, 0.1) is 24.7 Å². The second kappa shape index (κ2) is 4.51. The summed E-state index contributed by atoms with van der Waals surface area (Å²) in [7, 11) is 1.88. The normalized spacial score (nSPS) is 31.4. The van der Waals surface area contributed by atoms with E-state index in [0.29, 0.717) is 6.04 Å². The average Bonchev–Trinajstić information content (AvgIpc) is 2.72. The van der Waals surface area contributed by atoms with Crippen molar-refractivity contribution in [3.63, 3.8) is 0 Å². The Labute approximate surface area is 113 Å². The van der Waals surface area contributed by atoms with E-state index < -0.39 is 0 Å². The number of nitrogens with one attached hydrogen (secondary N) is 1. The Balaban J connectivity index is 1.74. The van der Waals surface area contributed by atoms with E-state index in [2.05, 4.69) is 10.5 Å². The molecule has 100 valence electrons. The molecule has 0 spiro atoms. The number of rotatable bonds is 4. The van der Waals surface area contributed by atoms with E-state index in [1.165, 1.54) is 19.3 Å². The molecule has 0 bridgehead atoms. The lowest BCUT2D eigenvalue weighted by atomic mass is 9.98. The summed E-state index contributed by atoms with van der Waals surface area (Å²) in [6.45, 7) is 2.02. The quantitative estimate of drug-likeness (QED) is 0.647. The first-order valence-electron chi connectivity index (χ1n) is 6.77. The van der Waals surface area contributed by atoms with Crippen molar-refractivity contribution in [2.45, 2.75) is 38.6 Å². The van der Waals surface area contributed by atoms with Gasteiger partial charge >= 0.3 is 0 Å². The van der Waals surface area contributed by atoms with Gasteiger partial charge in [-0.1, -0.05) is 18.0 Å². The molecule has 2 fully saturated rings. The largest absolute Gasteiger partial charge is 0.271 e. The Morgan fingerprint density at radius 3 is 2.67 bits per heavy atom. The van der Waals surface area contributed by atoms with Crippen LogP contribution in [0.1, 0.15) is 30.5 Å². The van der Waals surface area contributed by atoms with Crippen LogP contribution in [0.3, 0.4) is 0 Å². The molecule has 0 radical (unpaired) electrons. The van der Waals surface area contributed by atoms with Crippen LogP contribution in [0.25, 0.3) is 0 Å². The van der Waals surface area contributed by atoms with E-state index >= 15 is 0 Å². The van der Waals surface area contributed by atoms with Gasteiger partial charge < -0.3 is 0 Å². The van der Waals surface area contributed by atoms with Crippen LogP contribution in [0.2, 0.25) is 5.15 Å². The van der Waals surface area contributed by atoms with Crippen LogP contribution in [-0.2, 0) is 13.5 Å². The SMILES string of the molecule is Cc1nn(C)c(Cl)c1CC(NN)C1C2CCCC21. The van der Waals surface area contributed by atoms with Gasteiger partial charge in [-0.3, -0.25) is 16.0 Å². The molecule has 0 aliphatic heterocycles. The maximum Gasteiger partial charge on any atom is 0.130 e. The second-order valence-electron chi connectivity index (χ2n) is 5.79. The van der Waals surface area contributed by atoms with E-state index in [0.717, 1.165) is 40.6 Å². The summed E-state index contributed by atoms with van der Waals surface area (Å²) in [4.78, 5) is 0. The molecule has 0 amide bonds. The van der Waals surface area contributed by atoms with E-state index in [9.17, 15) is 0 Å². The zero-order chi connectivity index (χ0) is 12.9. The predicted octanol–water partition coefficient (Wildman–Crippen LogP) is 1.80. The van der Waals surface area contributed by atoms with Crippen LogP contribution >= 0.6 is 11.6 Å². The lowest BCUT2D eigenvalue weighted by molar-refractivity contribution is 0.409. The maximum atomic E-state index is 6.29. The van der Waals surface area contributed by atoms with Crippen molar-refractivity contribution in [1.29, 1.82) is 0 Å². The first-order valence-corrected chi connectivity index (χ1v) is 7.15. The Kier molecular flexibility index (Phi) is 3.12. The summed E-state index contributed by atoms with van der Waals surface area (Å²) in [5.74, 6) is 8.31. The highest BCUT2D eigenvalue weighted by Gasteiger charge is 2.55. The third-order valence-electron chi connectivity index (χ3n) is 4.85. The van der Waals surface area contributed by atoms with Crippen LogP contribution < -0.4 is 11.3 Å². The molecule has 1 heterocycles. The van der Waals surface area contributed by atoms with Crippen molar-refractivity contribution >= 4 is 11.6 Å². The van der Waals surface area contributed by atoms with Gasteiger partial charge in [-0.25, -0.2) is 0 Å². The molecule has 5 heteroatoms. The van der Waals surface area contributed by atoms with Crippen molar-refractivity contribution in [3.05, 3.63) is 16.4 Å². The van der Waals surface area contributed by atoms with Gasteiger partial charge in [-0.15, -0.1) is 0 Å². The highest BCUT2D eigenvalue weighted by Crippen LogP contribution is 2.59. The van der Waals surface area contributed by atoms with E-state index in [1.54, 1.807) is 4.68 Å². The zero-order valence-electron chi connectivity index (χ0n) is 11.0. The monoisotopic (exact) mass is 268 g/mol. The standard InChI is InChI=1S/C13H21ClN4/c1-7-10(13(14)18(2)17-7)6-11(16-15)12-8-4-3-5-9(8)12/h8-9,11-12,16H,3-6,15H2,1-2H3. The molecule has 18 heavy (non-hydrogen) atoms. The first-order chi connectivity index (χ1) is 8.63. The van der Waals surface area contributed by atoms with Crippen molar-refractivity contribution in [2.75, 3.05) is 0 Å². The van der Waals surface area contributed by atoms with E-state index in [4.69, 9.17) is 17.4 Å². The number of aryl methyl sites for hydroxylation is 2. The van der Waals surface area contributed by atoms with Crippen LogP contribution in [0.15, 0.2) is 0 Å². The first kappa shape index (κ1) is 12.5. The van der Waals surface area contributed by atoms with Gasteiger partial charge in [0.25, 0.3) is 0 Å². The number of halogens is 1. The number of hydrogen-bond donors (Lipinski definition) is 2. The molecule has 2 saturated carbocycles. The number of fused-ring (bicyclic) bond motifs is 1. The van der Waals surface area contributed by atoms with E-state index in [-0.39, 0.29) is 0 Å². The molecule has 2 aliphatic rings. The maximum absolute atomic E-state index is 6.29. The topological polar surface area (TPSA) is 55.9 Å². The predicted molar refractivity (Wildman–Crippen MR) is 72.1 cm³/mol. The lowest BCUT2D eigenvalue weighted by Gasteiger charge is -2.17. The molecule has 0 aromatic carbocycles. The summed E-state index contributed by atoms with van der Waals surface area (Å²) in [6.07, 6.45) is 5.06. The Morgan fingerprint density at radius 1 is 1.50 bits per heavy atom. The summed E-state index contributed by atoms with van der Waals surface area (Å²) in [5, 5.41) is 5.11. The highest BCUT2D eigenvalue weighted by atomic mass is 35.5. The summed E-state index contributed by atoms with van der Waals surface area (Å²) >= 11 is 6.29. The minimum Gasteiger partial charge on any atom is -0.271 e. The Hall–Kier alpha value is -0.580. The molecule has 3 rings (SSSR count). The fourth-order valence-corrected chi connectivity index (χ4v) is 4.16. The van der Waals surface area contributed by atoms with Gasteiger partial charge in [0.1, 0.15) is 5.15 Å². The van der Waals surface area contributed by atoms with Crippen LogP contribution in [0.5, 0.6) is 0 Å². The van der Waals surface area contributed by atoms with Crippen molar-refractivity contribution in [1.82, 2.24) is 15.2 Å². The van der Waals surface area contributed by atoms with Crippen molar-refractivity contribution < 1.29 is 0 Å². The van der Waals surface area contributed by atoms with Gasteiger partial charge in [0.15, 0.2) is 0 Å². The fraction of sp³-hybridized carbons (Fsp3) is 0.769. The Bertz CT molecular complexity index is 446. The second-order valence-corrected chi connectivity index (χ2v) is 6.15. The summed E-state index contributed by atoms with van der Waals surface area (Å²) in [6, 6.07) is 0.348. The third-order valence-corrected chi connectivity index (χ3v) is 5.32. The molecule has 4 nitrogen and oxygen atoms in total. The molecule has 3 atom stereocenters. The van der Waals surface area contributed by atoms with Gasteiger partial charge in [0.2, 0.25) is 0 Å². The molecule has 2 aliphatic carbocycles. The molecule has 1 aromatic rings. The zero-order valence-corrected chi connectivity index (χ0v) is 11.7. The van der Waals surface area contributed by atoms with Crippen molar-refractivity contribution in [3.8, 4) is 0 Å². The summed E-state index contributed by atoms with van der Waals surface area (Å²) < 4.78 is 1.74. The average molecular weight is 269 g/mol. The number of aromatic nitrogens is 2. The molecule has 3 unspecified atom stereocenters. The van der Waals surface area contributed by atoms with Crippen LogP contribution in [0.4, 0.5) is 0 Å². The molecule has 3 N–H and O–H groups in total. The van der Waals surface area contributed by atoms with Gasteiger partial charge in [-0.2, -0.15) is 5.10 Å². The van der Waals surface area contributed by atoms with Gasteiger partial charge in [0, 0.05) is 18.7 Å². The molecule has 1 aromatic heterocycles. The number of nitrogens with two attached hydrogens (primary N) is 1. The summed E-state index contributed by atoms with van der Waals surface area (Å²) in [5.41, 5.74) is 5.18. The van der Waals surface area contributed by atoms with Crippen LogP contribution in [-0.4, -0.2) is 15.8 Å². The van der Waals surface area contributed by atoms with Gasteiger partial charge in [0.05, 0.1) is 5.69 Å². The smallest absolute Gasteiger partial charge is 0.130 e. The molecular formula is C13H21ClN4.